The fraction of sp³-hybridized carbons (Fsp3) is 0.500. The zero-order valence-electron chi connectivity index (χ0n) is 3.33. The zero-order valence-corrected chi connectivity index (χ0v) is 7.48. The van der Waals surface area contributed by atoms with Crippen LogP contribution in [0.5, 0.6) is 0 Å². The molecule has 0 heterocycles. The van der Waals surface area contributed by atoms with Crippen molar-refractivity contribution in [1.29, 1.82) is 5.26 Å². The van der Waals surface area contributed by atoms with Crippen LogP contribution < -0.4 is 50.8 Å². The summed E-state index contributed by atoms with van der Waals surface area (Å²) in [6.07, 6.45) is 0. The number of nitrogens with zero attached hydrogens (tertiary/aromatic N) is 1. The average Bonchev–Trinajstić information content (AvgIpc) is 1.37. The van der Waals surface area contributed by atoms with E-state index in [1.54, 1.807) is 0 Å². The Morgan fingerprint density at radius 1 is 1.80 bits per heavy atom. The van der Waals surface area contributed by atoms with E-state index in [9.17, 15) is 0 Å². The zero-order chi connectivity index (χ0) is 3.41. The second kappa shape index (κ2) is 8.97. The number of nitriles is 1. The Labute approximate surface area is 64.3 Å². The molecule has 0 bridgehead atoms. The van der Waals surface area contributed by atoms with Gasteiger partial charge in [-0.2, -0.15) is 0 Å². The number of rotatable bonds is 0. The molecule has 24 valence electrons. The molecule has 0 saturated carbocycles. The van der Waals surface area contributed by atoms with Gasteiger partial charge in [-0.15, -0.1) is 0 Å². The van der Waals surface area contributed by atoms with Gasteiger partial charge in [0.2, 0.25) is 0 Å². The molecule has 0 unspecified atom stereocenters. The van der Waals surface area contributed by atoms with Crippen molar-refractivity contribution in [1.82, 2.24) is 0 Å². The standard InChI is InChI=1S/C2H3IN.Na/c1-3-2-4;/h1H3;/q-1;+1. The molecule has 0 amide bonds. The third-order valence-electron chi connectivity index (χ3n) is 0.0845. The number of halogens is 1. The summed E-state index contributed by atoms with van der Waals surface area (Å²) >= 11 is -0.0839. The normalized spacial score (nSPS) is 4.80. The van der Waals surface area contributed by atoms with Gasteiger partial charge >= 0.3 is 65.0 Å². The molecule has 0 N–H and O–H groups in total. The minimum Gasteiger partial charge on any atom is 1.00 e. The summed E-state index contributed by atoms with van der Waals surface area (Å²) < 4.78 is 2.04. The van der Waals surface area contributed by atoms with Crippen molar-refractivity contribution in [3.63, 3.8) is 0 Å². The SMILES string of the molecule is C[I-]C#N.[Na+]. The van der Waals surface area contributed by atoms with Crippen LogP contribution in [-0.4, -0.2) is 4.93 Å². The quantitative estimate of drug-likeness (QED) is 0.212. The molecule has 0 rings (SSSR count). The fourth-order valence-electron chi connectivity index (χ4n) is 0. The summed E-state index contributed by atoms with van der Waals surface area (Å²) in [5.74, 6) is 0. The predicted molar refractivity (Wildman–Crippen MR) is 11.5 cm³/mol. The van der Waals surface area contributed by atoms with E-state index >= 15 is 0 Å². The van der Waals surface area contributed by atoms with Crippen LogP contribution in [0.2, 0.25) is 0 Å². The van der Waals surface area contributed by atoms with Gasteiger partial charge in [0.25, 0.3) is 0 Å². The molecule has 3 heteroatoms. The maximum atomic E-state index is 7.67. The van der Waals surface area contributed by atoms with Gasteiger partial charge in [0, 0.05) is 0 Å². The number of hydrogen-bond donors (Lipinski definition) is 0. The summed E-state index contributed by atoms with van der Waals surface area (Å²) in [6, 6.07) is 0. The minimum atomic E-state index is -0.0839. The van der Waals surface area contributed by atoms with Gasteiger partial charge in [-0.05, 0) is 0 Å². The summed E-state index contributed by atoms with van der Waals surface area (Å²) in [5.41, 5.74) is 0. The van der Waals surface area contributed by atoms with Crippen molar-refractivity contribution >= 4 is 0 Å². The van der Waals surface area contributed by atoms with Gasteiger partial charge < -0.3 is 0 Å². The van der Waals surface area contributed by atoms with Crippen molar-refractivity contribution in [3.05, 3.63) is 0 Å². The van der Waals surface area contributed by atoms with E-state index in [1.165, 1.54) is 0 Å². The molecule has 0 aromatic carbocycles. The van der Waals surface area contributed by atoms with E-state index in [0.717, 1.165) is 0 Å². The predicted octanol–water partition coefficient (Wildman–Crippen LogP) is -5.81. The van der Waals surface area contributed by atoms with Crippen molar-refractivity contribution < 1.29 is 50.8 Å². The molecule has 1 nitrogen and oxygen atoms in total. The van der Waals surface area contributed by atoms with Crippen LogP contribution in [0, 0.1) is 9.34 Å². The Morgan fingerprint density at radius 3 is 2.00 bits per heavy atom. The molecular formula is C2H3INNa. The Morgan fingerprint density at radius 2 is 2.00 bits per heavy atom. The van der Waals surface area contributed by atoms with E-state index in [1.807, 2.05) is 9.01 Å². The van der Waals surface area contributed by atoms with Crippen molar-refractivity contribution in [2.45, 2.75) is 0 Å². The molecule has 0 spiro atoms. The Hall–Kier alpha value is 1.22. The van der Waals surface area contributed by atoms with Crippen LogP contribution in [0.15, 0.2) is 0 Å². The monoisotopic (exact) mass is 191 g/mol. The Kier molecular flexibility index (Phi) is 17.1. The number of alkyl halides is 1. The Bertz CT molecular complexity index is 39.4. The third kappa shape index (κ3) is 11.0. The first-order valence-corrected chi connectivity index (χ1v) is 4.03. The van der Waals surface area contributed by atoms with Crippen molar-refractivity contribution in [3.8, 4) is 4.08 Å². The first-order chi connectivity index (χ1) is 1.91. The maximum Gasteiger partial charge on any atom is 1.00 e. The van der Waals surface area contributed by atoms with Crippen LogP contribution in [0.1, 0.15) is 0 Å². The Balaban J connectivity index is 0. The van der Waals surface area contributed by atoms with Crippen LogP contribution in [0.25, 0.3) is 0 Å². The fourth-order valence-corrected chi connectivity index (χ4v) is 0. The second-order valence-electron chi connectivity index (χ2n) is 0.273. The summed E-state index contributed by atoms with van der Waals surface area (Å²) in [5, 5.41) is 7.67. The second-order valence-corrected chi connectivity index (χ2v) is 1.83. The van der Waals surface area contributed by atoms with Gasteiger partial charge in [-0.25, -0.2) is 0 Å². The third-order valence-corrected chi connectivity index (χ3v) is 0.567. The van der Waals surface area contributed by atoms with E-state index in [4.69, 9.17) is 5.26 Å². The van der Waals surface area contributed by atoms with Crippen LogP contribution >= 0.6 is 0 Å². The smallest absolute Gasteiger partial charge is 1.00 e. The molecule has 0 aromatic rings. The molecule has 0 aliphatic rings. The van der Waals surface area contributed by atoms with E-state index < -0.39 is 0 Å². The van der Waals surface area contributed by atoms with Crippen LogP contribution in [0.4, 0.5) is 0 Å². The molecule has 0 aliphatic carbocycles. The minimum absolute atomic E-state index is 0. The van der Waals surface area contributed by atoms with Crippen molar-refractivity contribution in [2.24, 2.45) is 0 Å². The van der Waals surface area contributed by atoms with E-state index in [0.29, 0.717) is 0 Å². The van der Waals surface area contributed by atoms with Gasteiger partial charge in [0.15, 0.2) is 0 Å². The van der Waals surface area contributed by atoms with Gasteiger partial charge in [-0.3, -0.25) is 0 Å². The van der Waals surface area contributed by atoms with Crippen LogP contribution in [0.3, 0.4) is 0 Å². The maximum absolute atomic E-state index is 7.67. The summed E-state index contributed by atoms with van der Waals surface area (Å²) in [6.45, 7) is 0. The van der Waals surface area contributed by atoms with Gasteiger partial charge in [-0.1, -0.05) is 0 Å². The molecular weight excluding hydrogens is 188 g/mol. The van der Waals surface area contributed by atoms with Crippen molar-refractivity contribution in [2.75, 3.05) is 4.93 Å². The molecule has 0 aliphatic heterocycles. The summed E-state index contributed by atoms with van der Waals surface area (Å²) in [4.78, 5) is 1.93. The first kappa shape index (κ1) is 9.52. The molecule has 0 atom stereocenters. The summed E-state index contributed by atoms with van der Waals surface area (Å²) in [7, 11) is 0. The average molecular weight is 191 g/mol. The molecule has 0 saturated heterocycles. The first-order valence-electron chi connectivity index (χ1n) is 0.791. The number of hydrogen-bond acceptors (Lipinski definition) is 1. The van der Waals surface area contributed by atoms with E-state index in [-0.39, 0.29) is 50.8 Å². The molecule has 0 fully saturated rings. The largest absolute Gasteiger partial charge is 1.00 e. The topological polar surface area (TPSA) is 23.8 Å². The van der Waals surface area contributed by atoms with Gasteiger partial charge in [0.05, 0.1) is 0 Å². The van der Waals surface area contributed by atoms with Gasteiger partial charge in [0.1, 0.15) is 0 Å². The van der Waals surface area contributed by atoms with E-state index in [2.05, 4.69) is 0 Å². The molecule has 0 radical (unpaired) electrons. The molecule has 0 aromatic heterocycles. The van der Waals surface area contributed by atoms with Crippen LogP contribution in [-0.2, 0) is 0 Å². The molecule has 5 heavy (non-hydrogen) atoms.